The first-order valence-corrected chi connectivity index (χ1v) is 6.28. The van der Waals surface area contributed by atoms with E-state index >= 15 is 0 Å². The third-order valence-electron chi connectivity index (χ3n) is 2.88. The first-order valence-electron chi connectivity index (χ1n) is 6.28. The van der Waals surface area contributed by atoms with Crippen LogP contribution in [-0.4, -0.2) is 24.4 Å². The molecule has 2 aromatic rings. The van der Waals surface area contributed by atoms with E-state index < -0.39 is 5.97 Å². The van der Waals surface area contributed by atoms with Gasteiger partial charge in [-0.2, -0.15) is 0 Å². The number of ether oxygens (including phenoxy) is 1. The molecule has 1 N–H and O–H groups in total. The Hall–Kier alpha value is -2.82. The highest BCUT2D eigenvalue weighted by molar-refractivity contribution is 5.90. The van der Waals surface area contributed by atoms with Crippen LogP contribution < -0.4 is 4.74 Å². The van der Waals surface area contributed by atoms with E-state index in [-0.39, 0.29) is 5.75 Å². The molecule has 0 aliphatic rings. The van der Waals surface area contributed by atoms with Gasteiger partial charge in [-0.15, -0.1) is 0 Å². The van der Waals surface area contributed by atoms with Crippen LogP contribution in [0.1, 0.15) is 21.5 Å². The van der Waals surface area contributed by atoms with Crippen molar-refractivity contribution in [3.8, 4) is 11.5 Å². The SMILES string of the molecule is COc1ccc(C(=O)O/N=C/c2ccc(O)c(C)c2)cc1. The lowest BCUT2D eigenvalue weighted by Crippen LogP contribution is -2.01. The van der Waals surface area contributed by atoms with Crippen molar-refractivity contribution in [2.75, 3.05) is 7.11 Å². The molecular formula is C16H15NO4. The molecule has 2 rings (SSSR count). The van der Waals surface area contributed by atoms with Gasteiger partial charge in [0.1, 0.15) is 11.5 Å². The minimum atomic E-state index is -0.551. The van der Waals surface area contributed by atoms with E-state index in [0.717, 1.165) is 11.1 Å². The van der Waals surface area contributed by atoms with Crippen molar-refractivity contribution >= 4 is 12.2 Å². The van der Waals surface area contributed by atoms with E-state index in [0.29, 0.717) is 11.3 Å². The van der Waals surface area contributed by atoms with Gasteiger partial charge in [0.15, 0.2) is 0 Å². The summed E-state index contributed by atoms with van der Waals surface area (Å²) in [5.74, 6) is 0.321. The second-order valence-corrected chi connectivity index (χ2v) is 4.39. The van der Waals surface area contributed by atoms with Crippen LogP contribution in [0, 0.1) is 6.92 Å². The molecule has 0 radical (unpaired) electrons. The molecular weight excluding hydrogens is 270 g/mol. The molecule has 0 amide bonds. The van der Waals surface area contributed by atoms with Gasteiger partial charge in [0.05, 0.1) is 18.9 Å². The van der Waals surface area contributed by atoms with Crippen molar-refractivity contribution in [2.24, 2.45) is 5.16 Å². The fourth-order valence-corrected chi connectivity index (χ4v) is 1.67. The summed E-state index contributed by atoms with van der Waals surface area (Å²) in [6.07, 6.45) is 1.41. The summed E-state index contributed by atoms with van der Waals surface area (Å²) < 4.78 is 5.01. The van der Waals surface area contributed by atoms with Crippen molar-refractivity contribution in [3.63, 3.8) is 0 Å². The Morgan fingerprint density at radius 3 is 2.52 bits per heavy atom. The fourth-order valence-electron chi connectivity index (χ4n) is 1.67. The molecule has 0 aliphatic carbocycles. The lowest BCUT2D eigenvalue weighted by Gasteiger charge is -2.01. The van der Waals surface area contributed by atoms with Gasteiger partial charge >= 0.3 is 5.97 Å². The smallest absolute Gasteiger partial charge is 0.365 e. The Kier molecular flexibility index (Phi) is 4.56. The third-order valence-corrected chi connectivity index (χ3v) is 2.88. The van der Waals surface area contributed by atoms with Gasteiger partial charge in [0, 0.05) is 0 Å². The number of nitrogens with zero attached hydrogens (tertiary/aromatic N) is 1. The number of hydrogen-bond acceptors (Lipinski definition) is 5. The molecule has 21 heavy (non-hydrogen) atoms. The number of phenolic OH excluding ortho intramolecular Hbond substituents is 1. The Labute approximate surface area is 122 Å². The molecule has 0 spiro atoms. The molecule has 0 bridgehead atoms. The van der Waals surface area contributed by atoms with Crippen LogP contribution in [0.2, 0.25) is 0 Å². The Morgan fingerprint density at radius 2 is 1.90 bits per heavy atom. The summed E-state index contributed by atoms with van der Waals surface area (Å²) in [6, 6.07) is 11.5. The van der Waals surface area contributed by atoms with Crippen LogP contribution in [0.5, 0.6) is 11.5 Å². The number of benzene rings is 2. The summed E-state index contributed by atoms with van der Waals surface area (Å²) in [6.45, 7) is 1.77. The number of methoxy groups -OCH3 is 1. The normalized spacial score (nSPS) is 10.6. The zero-order valence-electron chi connectivity index (χ0n) is 11.7. The number of hydrogen-bond donors (Lipinski definition) is 1. The number of aryl methyl sites for hydroxylation is 1. The van der Waals surface area contributed by atoms with Crippen LogP contribution in [0.3, 0.4) is 0 Å². The van der Waals surface area contributed by atoms with Crippen molar-refractivity contribution in [1.29, 1.82) is 0 Å². The number of rotatable bonds is 4. The van der Waals surface area contributed by atoms with Gasteiger partial charge < -0.3 is 14.7 Å². The summed E-state index contributed by atoms with van der Waals surface area (Å²) in [5, 5.41) is 13.1. The predicted molar refractivity (Wildman–Crippen MR) is 78.8 cm³/mol. The number of aromatic hydroxyl groups is 1. The van der Waals surface area contributed by atoms with Crippen molar-refractivity contribution in [1.82, 2.24) is 0 Å². The zero-order valence-corrected chi connectivity index (χ0v) is 11.7. The molecule has 108 valence electrons. The van der Waals surface area contributed by atoms with Crippen LogP contribution in [0.15, 0.2) is 47.6 Å². The molecule has 2 aromatic carbocycles. The van der Waals surface area contributed by atoms with Gasteiger partial charge in [0.2, 0.25) is 0 Å². The number of oxime groups is 1. The first kappa shape index (κ1) is 14.6. The van der Waals surface area contributed by atoms with E-state index in [2.05, 4.69) is 5.16 Å². The highest BCUT2D eigenvalue weighted by Gasteiger charge is 2.06. The zero-order chi connectivity index (χ0) is 15.2. The maximum atomic E-state index is 11.7. The highest BCUT2D eigenvalue weighted by atomic mass is 16.7. The lowest BCUT2D eigenvalue weighted by atomic mass is 10.1. The number of carbonyl (C=O) groups excluding carboxylic acids is 1. The van der Waals surface area contributed by atoms with E-state index in [1.165, 1.54) is 6.21 Å². The molecule has 0 fully saturated rings. The topological polar surface area (TPSA) is 68.1 Å². The molecule has 0 atom stereocenters. The van der Waals surface area contributed by atoms with Gasteiger partial charge in [-0.3, -0.25) is 0 Å². The van der Waals surface area contributed by atoms with Crippen LogP contribution in [0.25, 0.3) is 0 Å². The molecule has 0 saturated carbocycles. The minimum absolute atomic E-state index is 0.211. The standard InChI is InChI=1S/C16H15NO4/c1-11-9-12(3-8-15(11)18)10-17-21-16(19)13-4-6-14(20-2)7-5-13/h3-10,18H,1-2H3/b17-10+. The maximum Gasteiger partial charge on any atom is 0.365 e. The number of phenols is 1. The van der Waals surface area contributed by atoms with Crippen LogP contribution in [0.4, 0.5) is 0 Å². The second-order valence-electron chi connectivity index (χ2n) is 4.39. The molecule has 0 saturated heterocycles. The van der Waals surface area contributed by atoms with Gasteiger partial charge in [-0.25, -0.2) is 4.79 Å². The summed E-state index contributed by atoms with van der Waals surface area (Å²) in [4.78, 5) is 16.5. The maximum absolute atomic E-state index is 11.7. The minimum Gasteiger partial charge on any atom is -0.508 e. The largest absolute Gasteiger partial charge is 0.508 e. The highest BCUT2D eigenvalue weighted by Crippen LogP contribution is 2.16. The monoisotopic (exact) mass is 285 g/mol. The van der Waals surface area contributed by atoms with Crippen molar-refractivity contribution in [2.45, 2.75) is 6.92 Å². The fraction of sp³-hybridized carbons (Fsp3) is 0.125. The summed E-state index contributed by atoms with van der Waals surface area (Å²) in [5.41, 5.74) is 1.84. The average Bonchev–Trinajstić information content (AvgIpc) is 2.51. The van der Waals surface area contributed by atoms with E-state index in [1.807, 2.05) is 0 Å². The molecule has 0 aliphatic heterocycles. The molecule has 5 heteroatoms. The Morgan fingerprint density at radius 1 is 1.19 bits per heavy atom. The van der Waals surface area contributed by atoms with E-state index in [1.54, 1.807) is 56.5 Å². The molecule has 5 nitrogen and oxygen atoms in total. The van der Waals surface area contributed by atoms with Crippen molar-refractivity contribution < 1.29 is 19.5 Å². The third kappa shape index (κ3) is 3.82. The van der Waals surface area contributed by atoms with Crippen LogP contribution >= 0.6 is 0 Å². The van der Waals surface area contributed by atoms with Gasteiger partial charge in [-0.05, 0) is 60.5 Å². The lowest BCUT2D eigenvalue weighted by molar-refractivity contribution is 0.0519. The average molecular weight is 285 g/mol. The van der Waals surface area contributed by atoms with Crippen molar-refractivity contribution in [3.05, 3.63) is 59.2 Å². The van der Waals surface area contributed by atoms with Crippen LogP contribution in [-0.2, 0) is 4.84 Å². The molecule has 0 aromatic heterocycles. The van der Waals surface area contributed by atoms with Gasteiger partial charge in [0.25, 0.3) is 0 Å². The summed E-state index contributed by atoms with van der Waals surface area (Å²) in [7, 11) is 1.55. The molecule has 0 unspecified atom stereocenters. The first-order chi connectivity index (χ1) is 10.1. The second kappa shape index (κ2) is 6.56. The predicted octanol–water partition coefficient (Wildman–Crippen LogP) is 2.90. The van der Waals surface area contributed by atoms with E-state index in [9.17, 15) is 9.90 Å². The quantitative estimate of drug-likeness (QED) is 0.533. The van der Waals surface area contributed by atoms with E-state index in [4.69, 9.17) is 9.57 Å². The Balaban J connectivity index is 1.99. The van der Waals surface area contributed by atoms with Gasteiger partial charge in [-0.1, -0.05) is 5.16 Å². The summed E-state index contributed by atoms with van der Waals surface area (Å²) >= 11 is 0. The number of carbonyl (C=O) groups is 1. The molecule has 0 heterocycles. The Bertz CT molecular complexity index is 662.